The number of carbonyl (C=O) groups is 1. The predicted octanol–water partition coefficient (Wildman–Crippen LogP) is 0.440. The van der Waals surface area contributed by atoms with E-state index in [4.69, 9.17) is 0 Å². The van der Waals surface area contributed by atoms with Gasteiger partial charge >= 0.3 is 0 Å². The Labute approximate surface area is 51.5 Å². The molecule has 1 fully saturated rings. The van der Waals surface area contributed by atoms with E-state index >= 15 is 0 Å². The summed E-state index contributed by atoms with van der Waals surface area (Å²) in [6.45, 7) is 1.05. The molecule has 1 aliphatic heterocycles. The van der Waals surface area contributed by atoms with Gasteiger partial charge in [0.05, 0.1) is 6.04 Å². The maximum atomic E-state index is 10.2. The molecular weight excluding hydrogens is 121 g/mol. The lowest BCUT2D eigenvalue weighted by Gasteiger charge is -2.10. The number of aldehydes is 1. The molecule has 0 aliphatic carbocycles. The van der Waals surface area contributed by atoms with Gasteiger partial charge in [0, 0.05) is 6.54 Å². The molecule has 2 nitrogen and oxygen atoms in total. The van der Waals surface area contributed by atoms with Crippen LogP contribution in [0.25, 0.3) is 0 Å². The van der Waals surface area contributed by atoms with Crippen LogP contribution in [0.15, 0.2) is 0 Å². The zero-order valence-corrected chi connectivity index (χ0v) is 5.86. The van der Waals surface area contributed by atoms with E-state index in [9.17, 15) is 4.79 Å². The third-order valence-corrected chi connectivity index (χ3v) is 2.14. The van der Waals surface area contributed by atoms with E-state index in [-0.39, 0.29) is 6.04 Å². The minimum Gasteiger partial charge on any atom is -0.302 e. The van der Waals surface area contributed by atoms with Crippen molar-refractivity contribution in [3.8, 4) is 0 Å². The number of hydrogen-bond donors (Lipinski definition) is 0. The van der Waals surface area contributed by atoms with E-state index in [1.807, 2.05) is 4.67 Å². The molecular formula is C5H10NOP. The molecule has 0 spiro atoms. The summed E-state index contributed by atoms with van der Waals surface area (Å²) in [4.78, 5) is 10.2. The number of nitrogens with zero attached hydrogens (tertiary/aromatic N) is 1. The van der Waals surface area contributed by atoms with E-state index in [1.54, 1.807) is 0 Å². The van der Waals surface area contributed by atoms with E-state index in [0.717, 1.165) is 25.7 Å². The summed E-state index contributed by atoms with van der Waals surface area (Å²) >= 11 is 0. The Morgan fingerprint density at radius 1 is 1.75 bits per heavy atom. The average Bonchev–Trinajstić information content (AvgIpc) is 2.14. The Bertz CT molecular complexity index is 96.4. The zero-order chi connectivity index (χ0) is 5.98. The topological polar surface area (TPSA) is 20.3 Å². The fraction of sp³-hybridized carbons (Fsp3) is 0.800. The summed E-state index contributed by atoms with van der Waals surface area (Å²) in [6.07, 6.45) is 3.21. The molecule has 0 aromatic heterocycles. The summed E-state index contributed by atoms with van der Waals surface area (Å²) in [5.41, 5.74) is 0. The van der Waals surface area contributed by atoms with Gasteiger partial charge in [-0.05, 0) is 12.8 Å². The molecule has 1 unspecified atom stereocenters. The number of hydrogen-bond acceptors (Lipinski definition) is 2. The molecule has 1 aliphatic rings. The van der Waals surface area contributed by atoms with Crippen LogP contribution >= 0.6 is 9.39 Å². The van der Waals surface area contributed by atoms with Gasteiger partial charge in [-0.3, -0.25) is 4.67 Å². The Morgan fingerprint density at radius 2 is 2.50 bits per heavy atom. The third-order valence-electron chi connectivity index (χ3n) is 1.50. The van der Waals surface area contributed by atoms with Crippen LogP contribution in [-0.4, -0.2) is 23.5 Å². The van der Waals surface area contributed by atoms with Crippen molar-refractivity contribution in [3.63, 3.8) is 0 Å². The lowest BCUT2D eigenvalue weighted by Crippen LogP contribution is -2.19. The average molecular weight is 131 g/mol. The lowest BCUT2D eigenvalue weighted by molar-refractivity contribution is -0.110. The van der Waals surface area contributed by atoms with Crippen LogP contribution in [0.3, 0.4) is 0 Å². The maximum absolute atomic E-state index is 10.2. The Balaban J connectivity index is 2.41. The molecule has 46 valence electrons. The zero-order valence-electron chi connectivity index (χ0n) is 4.71. The van der Waals surface area contributed by atoms with Crippen LogP contribution in [-0.2, 0) is 4.79 Å². The third kappa shape index (κ3) is 1.07. The molecule has 3 heteroatoms. The minimum atomic E-state index is 0.181. The minimum absolute atomic E-state index is 0.181. The second-order valence-corrected chi connectivity index (χ2v) is 2.75. The fourth-order valence-electron chi connectivity index (χ4n) is 0.961. The van der Waals surface area contributed by atoms with Gasteiger partial charge in [-0.25, -0.2) is 0 Å². The highest BCUT2D eigenvalue weighted by atomic mass is 31.0. The fourth-order valence-corrected chi connectivity index (χ4v) is 1.36. The van der Waals surface area contributed by atoms with E-state index in [0.29, 0.717) is 0 Å². The van der Waals surface area contributed by atoms with E-state index < -0.39 is 0 Å². The number of carbonyl (C=O) groups excluding carboxylic acids is 1. The van der Waals surface area contributed by atoms with Crippen molar-refractivity contribution in [2.75, 3.05) is 6.54 Å². The van der Waals surface area contributed by atoms with Gasteiger partial charge in [-0.1, -0.05) is 9.39 Å². The molecule has 0 saturated carbocycles. The highest BCUT2D eigenvalue weighted by Gasteiger charge is 2.19. The van der Waals surface area contributed by atoms with Crippen LogP contribution in [0.1, 0.15) is 12.8 Å². The van der Waals surface area contributed by atoms with Gasteiger partial charge in [-0.2, -0.15) is 0 Å². The molecule has 1 rings (SSSR count). The molecule has 0 aromatic rings. The monoisotopic (exact) mass is 131 g/mol. The van der Waals surface area contributed by atoms with E-state index in [1.165, 1.54) is 0 Å². The molecule has 2 atom stereocenters. The van der Waals surface area contributed by atoms with Crippen LogP contribution in [0, 0.1) is 0 Å². The summed E-state index contributed by atoms with van der Waals surface area (Å²) < 4.78 is 2.01. The largest absolute Gasteiger partial charge is 0.302 e. The standard InChI is InChI=1S/C5H10NOP/c7-4-5-2-1-3-6(5)8/h4-5H,1-3,8H2/t5-/m1/s1. The lowest BCUT2D eigenvalue weighted by atomic mass is 10.2. The molecule has 0 N–H and O–H groups in total. The first kappa shape index (κ1) is 6.18. The van der Waals surface area contributed by atoms with Crippen molar-refractivity contribution in [3.05, 3.63) is 0 Å². The van der Waals surface area contributed by atoms with Crippen molar-refractivity contribution < 1.29 is 4.79 Å². The van der Waals surface area contributed by atoms with Crippen molar-refractivity contribution in [1.29, 1.82) is 0 Å². The van der Waals surface area contributed by atoms with Crippen molar-refractivity contribution in [2.24, 2.45) is 0 Å². The molecule has 1 saturated heterocycles. The smallest absolute Gasteiger partial charge is 0.137 e. The molecule has 0 aromatic carbocycles. The second-order valence-electron chi connectivity index (χ2n) is 2.08. The Morgan fingerprint density at radius 3 is 2.75 bits per heavy atom. The first-order chi connectivity index (χ1) is 3.84. The molecule has 0 radical (unpaired) electrons. The van der Waals surface area contributed by atoms with E-state index in [2.05, 4.69) is 9.39 Å². The Kier molecular flexibility index (Phi) is 1.98. The maximum Gasteiger partial charge on any atom is 0.137 e. The quantitative estimate of drug-likeness (QED) is 0.380. The normalized spacial score (nSPS) is 30.9. The predicted molar refractivity (Wildman–Crippen MR) is 35.5 cm³/mol. The first-order valence-corrected chi connectivity index (χ1v) is 3.33. The highest BCUT2D eigenvalue weighted by molar-refractivity contribution is 7.13. The van der Waals surface area contributed by atoms with Crippen molar-refractivity contribution >= 4 is 15.7 Å². The van der Waals surface area contributed by atoms with Crippen LogP contribution < -0.4 is 0 Å². The summed E-state index contributed by atoms with van der Waals surface area (Å²) in [5.74, 6) is 0. The van der Waals surface area contributed by atoms with Gasteiger partial charge in [0.15, 0.2) is 0 Å². The Hall–Kier alpha value is 0.0600. The summed E-state index contributed by atoms with van der Waals surface area (Å²) in [6, 6.07) is 0.181. The van der Waals surface area contributed by atoms with Crippen LogP contribution in [0.4, 0.5) is 0 Å². The van der Waals surface area contributed by atoms with Crippen molar-refractivity contribution in [2.45, 2.75) is 18.9 Å². The molecule has 8 heavy (non-hydrogen) atoms. The van der Waals surface area contributed by atoms with Crippen LogP contribution in [0.5, 0.6) is 0 Å². The van der Waals surface area contributed by atoms with Gasteiger partial charge in [0.1, 0.15) is 6.29 Å². The summed E-state index contributed by atoms with van der Waals surface area (Å²) in [7, 11) is 2.56. The SMILES string of the molecule is O=C[C@H]1CCCN1P. The highest BCUT2D eigenvalue weighted by Crippen LogP contribution is 2.18. The molecule has 0 bridgehead atoms. The van der Waals surface area contributed by atoms with Crippen molar-refractivity contribution in [1.82, 2.24) is 4.67 Å². The summed E-state index contributed by atoms with van der Waals surface area (Å²) in [5, 5.41) is 0. The van der Waals surface area contributed by atoms with Gasteiger partial charge in [0.25, 0.3) is 0 Å². The second kappa shape index (κ2) is 2.56. The molecule has 1 heterocycles. The van der Waals surface area contributed by atoms with Gasteiger partial charge in [-0.15, -0.1) is 0 Å². The number of rotatable bonds is 1. The van der Waals surface area contributed by atoms with Gasteiger partial charge < -0.3 is 4.79 Å². The van der Waals surface area contributed by atoms with Crippen LogP contribution in [0.2, 0.25) is 0 Å². The van der Waals surface area contributed by atoms with Gasteiger partial charge in [0.2, 0.25) is 0 Å². The first-order valence-electron chi connectivity index (χ1n) is 2.81. The molecule has 0 amide bonds.